The minimum absolute atomic E-state index is 0.0674. The Bertz CT molecular complexity index is 372. The topological polar surface area (TPSA) is 72.3 Å². The molecule has 1 atom stereocenters. The highest BCUT2D eigenvalue weighted by atomic mass is 16.3. The van der Waals surface area contributed by atoms with Gasteiger partial charge in [0.1, 0.15) is 5.75 Å². The average molecular weight is 206 g/mol. The van der Waals surface area contributed by atoms with Crippen LogP contribution >= 0.6 is 0 Å². The van der Waals surface area contributed by atoms with Gasteiger partial charge in [-0.3, -0.25) is 0 Å². The molecule has 82 valence electrons. The standard InChI is InChI=1S/C12H18N2O/c1-7-5-6-9(13)12(15)10(7)11(14)8-3-2-4-8/h5-6,8,11,15H,2-4,13-14H2,1H3/t11-/m0/s1. The second kappa shape index (κ2) is 3.74. The molecule has 1 aliphatic rings. The summed E-state index contributed by atoms with van der Waals surface area (Å²) in [6.07, 6.45) is 3.57. The molecular formula is C12H18N2O. The van der Waals surface area contributed by atoms with Crippen molar-refractivity contribution in [2.75, 3.05) is 5.73 Å². The van der Waals surface area contributed by atoms with E-state index in [2.05, 4.69) is 0 Å². The molecule has 1 saturated carbocycles. The molecule has 0 bridgehead atoms. The van der Waals surface area contributed by atoms with Gasteiger partial charge >= 0.3 is 0 Å². The predicted octanol–water partition coefficient (Wildman–Crippen LogP) is 2.08. The van der Waals surface area contributed by atoms with Crippen molar-refractivity contribution >= 4 is 5.69 Å². The van der Waals surface area contributed by atoms with E-state index in [1.54, 1.807) is 6.07 Å². The van der Waals surface area contributed by atoms with Crippen LogP contribution in [0.3, 0.4) is 0 Å². The molecule has 1 aromatic carbocycles. The number of phenolic OH excluding ortho intramolecular Hbond substituents is 1. The van der Waals surface area contributed by atoms with Crippen molar-refractivity contribution in [3.8, 4) is 5.75 Å². The van der Waals surface area contributed by atoms with Crippen LogP contribution in [0.15, 0.2) is 12.1 Å². The third-order valence-electron chi connectivity index (χ3n) is 3.46. The van der Waals surface area contributed by atoms with Gasteiger partial charge in [-0.15, -0.1) is 0 Å². The summed E-state index contributed by atoms with van der Waals surface area (Å²) in [6.45, 7) is 1.97. The molecule has 0 spiro atoms. The van der Waals surface area contributed by atoms with Crippen molar-refractivity contribution in [3.05, 3.63) is 23.3 Å². The van der Waals surface area contributed by atoms with Crippen LogP contribution in [0.1, 0.15) is 36.4 Å². The van der Waals surface area contributed by atoms with Crippen molar-refractivity contribution in [2.24, 2.45) is 11.7 Å². The van der Waals surface area contributed by atoms with E-state index in [0.29, 0.717) is 11.6 Å². The molecule has 1 aromatic rings. The van der Waals surface area contributed by atoms with Crippen LogP contribution in [0.4, 0.5) is 5.69 Å². The molecule has 3 nitrogen and oxygen atoms in total. The maximum absolute atomic E-state index is 9.91. The third-order valence-corrected chi connectivity index (χ3v) is 3.46. The van der Waals surface area contributed by atoms with Gasteiger partial charge in [-0.25, -0.2) is 0 Å². The van der Waals surface area contributed by atoms with Gasteiger partial charge in [0, 0.05) is 11.6 Å². The van der Waals surface area contributed by atoms with Crippen molar-refractivity contribution in [2.45, 2.75) is 32.2 Å². The van der Waals surface area contributed by atoms with Gasteiger partial charge in [0.2, 0.25) is 0 Å². The zero-order valence-electron chi connectivity index (χ0n) is 9.03. The Balaban J connectivity index is 2.36. The van der Waals surface area contributed by atoms with Gasteiger partial charge in [-0.1, -0.05) is 12.5 Å². The number of aromatic hydroxyl groups is 1. The SMILES string of the molecule is Cc1ccc(N)c(O)c1[C@@H](N)C1CCC1. The smallest absolute Gasteiger partial charge is 0.143 e. The summed E-state index contributed by atoms with van der Waals surface area (Å²) < 4.78 is 0. The normalized spacial score (nSPS) is 18.5. The van der Waals surface area contributed by atoms with Gasteiger partial charge in [-0.05, 0) is 37.3 Å². The average Bonchev–Trinajstić information content (AvgIpc) is 2.09. The summed E-state index contributed by atoms with van der Waals surface area (Å²) in [4.78, 5) is 0. The van der Waals surface area contributed by atoms with Crippen LogP contribution < -0.4 is 11.5 Å². The molecule has 5 N–H and O–H groups in total. The first kappa shape index (κ1) is 10.3. The van der Waals surface area contributed by atoms with Crippen LogP contribution in [-0.4, -0.2) is 5.11 Å². The van der Waals surface area contributed by atoms with Gasteiger partial charge in [0.15, 0.2) is 0 Å². The van der Waals surface area contributed by atoms with Crippen LogP contribution in [0.5, 0.6) is 5.75 Å². The second-order valence-corrected chi connectivity index (χ2v) is 4.45. The molecule has 0 aliphatic heterocycles. The monoisotopic (exact) mass is 206 g/mol. The fourth-order valence-corrected chi connectivity index (χ4v) is 2.18. The number of nitrogens with two attached hydrogens (primary N) is 2. The lowest BCUT2D eigenvalue weighted by Gasteiger charge is -2.32. The highest BCUT2D eigenvalue weighted by Crippen LogP contribution is 2.41. The molecule has 0 radical (unpaired) electrons. The fourth-order valence-electron chi connectivity index (χ4n) is 2.18. The molecule has 0 amide bonds. The summed E-state index contributed by atoms with van der Waals surface area (Å²) in [7, 11) is 0. The summed E-state index contributed by atoms with van der Waals surface area (Å²) in [6, 6.07) is 3.58. The lowest BCUT2D eigenvalue weighted by atomic mass is 9.76. The number of nitrogen functional groups attached to an aromatic ring is 1. The van der Waals surface area contributed by atoms with Gasteiger partial charge in [0.25, 0.3) is 0 Å². The Labute approximate surface area is 90.1 Å². The molecular weight excluding hydrogens is 188 g/mol. The predicted molar refractivity (Wildman–Crippen MR) is 61.5 cm³/mol. The summed E-state index contributed by atoms with van der Waals surface area (Å²) >= 11 is 0. The summed E-state index contributed by atoms with van der Waals surface area (Å²) in [5.74, 6) is 0.686. The van der Waals surface area contributed by atoms with E-state index in [1.165, 1.54) is 6.42 Å². The number of hydrogen-bond acceptors (Lipinski definition) is 3. The Morgan fingerprint density at radius 1 is 1.40 bits per heavy atom. The molecule has 1 fully saturated rings. The number of hydrogen-bond donors (Lipinski definition) is 3. The van der Waals surface area contributed by atoms with E-state index in [1.807, 2.05) is 13.0 Å². The zero-order chi connectivity index (χ0) is 11.0. The number of aryl methyl sites for hydroxylation is 1. The van der Waals surface area contributed by atoms with Crippen molar-refractivity contribution in [1.29, 1.82) is 0 Å². The third kappa shape index (κ3) is 1.67. The first-order chi connectivity index (χ1) is 7.11. The highest BCUT2D eigenvalue weighted by Gasteiger charge is 2.28. The minimum atomic E-state index is -0.0674. The van der Waals surface area contributed by atoms with Crippen molar-refractivity contribution in [3.63, 3.8) is 0 Å². The van der Waals surface area contributed by atoms with E-state index >= 15 is 0 Å². The molecule has 0 saturated heterocycles. The number of rotatable bonds is 2. The van der Waals surface area contributed by atoms with E-state index in [9.17, 15) is 5.11 Å². The molecule has 0 aromatic heterocycles. The summed E-state index contributed by atoms with van der Waals surface area (Å²) in [5, 5.41) is 9.91. The first-order valence-corrected chi connectivity index (χ1v) is 5.44. The van der Waals surface area contributed by atoms with E-state index in [0.717, 1.165) is 24.0 Å². The number of anilines is 1. The quantitative estimate of drug-likeness (QED) is 0.512. The van der Waals surface area contributed by atoms with Gasteiger partial charge in [0.05, 0.1) is 5.69 Å². The van der Waals surface area contributed by atoms with Crippen LogP contribution in [-0.2, 0) is 0 Å². The minimum Gasteiger partial charge on any atom is -0.505 e. The number of phenols is 1. The van der Waals surface area contributed by atoms with Gasteiger partial charge in [-0.2, -0.15) is 0 Å². The Morgan fingerprint density at radius 2 is 2.07 bits per heavy atom. The molecule has 15 heavy (non-hydrogen) atoms. The first-order valence-electron chi connectivity index (χ1n) is 5.44. The van der Waals surface area contributed by atoms with Crippen LogP contribution in [0, 0.1) is 12.8 Å². The van der Waals surface area contributed by atoms with E-state index in [4.69, 9.17) is 11.5 Å². The highest BCUT2D eigenvalue weighted by molar-refractivity contribution is 5.59. The molecule has 0 unspecified atom stereocenters. The Kier molecular flexibility index (Phi) is 2.57. The largest absolute Gasteiger partial charge is 0.505 e. The van der Waals surface area contributed by atoms with Crippen LogP contribution in [0.2, 0.25) is 0 Å². The van der Waals surface area contributed by atoms with E-state index < -0.39 is 0 Å². The van der Waals surface area contributed by atoms with Crippen molar-refractivity contribution in [1.82, 2.24) is 0 Å². The maximum Gasteiger partial charge on any atom is 0.143 e. The molecule has 3 heteroatoms. The second-order valence-electron chi connectivity index (χ2n) is 4.45. The Hall–Kier alpha value is -1.22. The zero-order valence-corrected chi connectivity index (χ0v) is 9.03. The van der Waals surface area contributed by atoms with Crippen LogP contribution in [0.25, 0.3) is 0 Å². The van der Waals surface area contributed by atoms with Crippen molar-refractivity contribution < 1.29 is 5.11 Å². The lowest BCUT2D eigenvalue weighted by Crippen LogP contribution is -2.27. The Morgan fingerprint density at radius 3 is 2.60 bits per heavy atom. The molecule has 1 aliphatic carbocycles. The summed E-state index contributed by atoms with van der Waals surface area (Å²) in [5.41, 5.74) is 14.1. The van der Waals surface area contributed by atoms with Gasteiger partial charge < -0.3 is 16.6 Å². The molecule has 0 heterocycles. The fraction of sp³-hybridized carbons (Fsp3) is 0.500. The van der Waals surface area contributed by atoms with E-state index in [-0.39, 0.29) is 11.8 Å². The molecule has 2 rings (SSSR count). The lowest BCUT2D eigenvalue weighted by molar-refractivity contribution is 0.260. The maximum atomic E-state index is 9.91. The number of benzene rings is 1.